The molecule has 6 heteroatoms. The zero-order valence-corrected chi connectivity index (χ0v) is 11.7. The largest absolute Gasteiger partial charge is 0.497 e. The van der Waals surface area contributed by atoms with Crippen molar-refractivity contribution in [2.45, 2.75) is 17.4 Å². The monoisotopic (exact) mass is 282 g/mol. The molecule has 0 bridgehead atoms. The zero-order chi connectivity index (χ0) is 13.5. The van der Waals surface area contributed by atoms with Crippen molar-refractivity contribution >= 4 is 10.0 Å². The first-order valence-electron chi connectivity index (χ1n) is 6.49. The average molecular weight is 282 g/mol. The van der Waals surface area contributed by atoms with Crippen molar-refractivity contribution in [1.29, 1.82) is 0 Å². The number of rotatable bonds is 3. The summed E-state index contributed by atoms with van der Waals surface area (Å²) in [6.07, 6.45) is 1.07. The second-order valence-electron chi connectivity index (χ2n) is 5.11. The summed E-state index contributed by atoms with van der Waals surface area (Å²) in [6.45, 7) is 2.22. The average Bonchev–Trinajstić information content (AvgIpc) is 2.99. The summed E-state index contributed by atoms with van der Waals surface area (Å²) >= 11 is 0. The topological polar surface area (TPSA) is 58.6 Å². The summed E-state index contributed by atoms with van der Waals surface area (Å²) in [5, 5.41) is 3.36. The summed E-state index contributed by atoms with van der Waals surface area (Å²) in [5.41, 5.74) is 0. The molecule has 1 aromatic rings. The van der Waals surface area contributed by atoms with Crippen molar-refractivity contribution in [3.63, 3.8) is 0 Å². The number of nitrogens with zero attached hydrogens (tertiary/aromatic N) is 1. The Balaban J connectivity index is 1.82. The van der Waals surface area contributed by atoms with Crippen LogP contribution in [0.3, 0.4) is 0 Å². The van der Waals surface area contributed by atoms with Crippen LogP contribution in [0.4, 0.5) is 0 Å². The minimum Gasteiger partial charge on any atom is -0.497 e. The van der Waals surface area contributed by atoms with Crippen LogP contribution in [0.5, 0.6) is 5.75 Å². The van der Waals surface area contributed by atoms with Crippen LogP contribution in [0.25, 0.3) is 0 Å². The van der Waals surface area contributed by atoms with Gasteiger partial charge in [0, 0.05) is 19.1 Å². The SMILES string of the molecule is COc1ccc(S(=O)(=O)N2C[C@@H]3CCN[C@@H]3C2)cc1. The maximum Gasteiger partial charge on any atom is 0.243 e. The first-order chi connectivity index (χ1) is 9.11. The second kappa shape index (κ2) is 4.77. The van der Waals surface area contributed by atoms with Crippen molar-refractivity contribution in [3.8, 4) is 5.75 Å². The highest BCUT2D eigenvalue weighted by molar-refractivity contribution is 7.89. The first kappa shape index (κ1) is 12.9. The molecule has 0 aromatic heterocycles. The van der Waals surface area contributed by atoms with Crippen LogP contribution in [-0.2, 0) is 10.0 Å². The fourth-order valence-electron chi connectivity index (χ4n) is 2.90. The van der Waals surface area contributed by atoms with E-state index < -0.39 is 10.0 Å². The molecular weight excluding hydrogens is 264 g/mol. The van der Waals surface area contributed by atoms with Crippen molar-refractivity contribution < 1.29 is 13.2 Å². The normalized spacial score (nSPS) is 27.4. The van der Waals surface area contributed by atoms with Gasteiger partial charge in [0.2, 0.25) is 10.0 Å². The molecule has 3 rings (SSSR count). The highest BCUT2D eigenvalue weighted by Gasteiger charge is 2.41. The van der Waals surface area contributed by atoms with E-state index in [4.69, 9.17) is 4.74 Å². The molecule has 0 radical (unpaired) electrons. The maximum absolute atomic E-state index is 12.5. The number of sulfonamides is 1. The number of benzene rings is 1. The third-order valence-corrected chi connectivity index (χ3v) is 5.87. The molecule has 0 spiro atoms. The van der Waals surface area contributed by atoms with E-state index in [9.17, 15) is 8.42 Å². The van der Waals surface area contributed by atoms with Gasteiger partial charge in [0.25, 0.3) is 0 Å². The summed E-state index contributed by atoms with van der Waals surface area (Å²) in [7, 11) is -1.80. The molecule has 19 heavy (non-hydrogen) atoms. The minimum atomic E-state index is -3.37. The lowest BCUT2D eigenvalue weighted by atomic mass is 10.1. The standard InChI is InChI=1S/C13H18N2O3S/c1-18-11-2-4-12(5-3-11)19(16,17)15-8-10-6-7-14-13(10)9-15/h2-5,10,13-14H,6-9H2,1H3/t10-,13+/m0/s1. The second-order valence-corrected chi connectivity index (χ2v) is 7.04. The van der Waals surface area contributed by atoms with Gasteiger partial charge in [-0.2, -0.15) is 4.31 Å². The Morgan fingerprint density at radius 1 is 1.26 bits per heavy atom. The van der Waals surface area contributed by atoms with E-state index >= 15 is 0 Å². The van der Waals surface area contributed by atoms with Crippen LogP contribution in [0, 0.1) is 5.92 Å². The molecule has 104 valence electrons. The summed E-state index contributed by atoms with van der Waals surface area (Å²) in [4.78, 5) is 0.341. The Kier molecular flexibility index (Phi) is 3.24. The Morgan fingerprint density at radius 2 is 2.00 bits per heavy atom. The van der Waals surface area contributed by atoms with Gasteiger partial charge >= 0.3 is 0 Å². The fourth-order valence-corrected chi connectivity index (χ4v) is 4.43. The molecule has 2 atom stereocenters. The summed E-state index contributed by atoms with van der Waals surface area (Å²) < 4.78 is 31.7. The molecule has 2 fully saturated rings. The van der Waals surface area contributed by atoms with Gasteiger partial charge in [-0.15, -0.1) is 0 Å². The summed E-state index contributed by atoms with van der Waals surface area (Å²) in [6, 6.07) is 6.91. The van der Waals surface area contributed by atoms with Crippen LogP contribution in [0.2, 0.25) is 0 Å². The van der Waals surface area contributed by atoms with Gasteiger partial charge in [0.05, 0.1) is 12.0 Å². The molecule has 0 aliphatic carbocycles. The minimum absolute atomic E-state index is 0.327. The maximum atomic E-state index is 12.5. The number of fused-ring (bicyclic) bond motifs is 1. The number of ether oxygens (including phenoxy) is 1. The van der Waals surface area contributed by atoms with E-state index in [1.165, 1.54) is 0 Å². The third-order valence-electron chi connectivity index (χ3n) is 4.03. The number of hydrogen-bond donors (Lipinski definition) is 1. The van der Waals surface area contributed by atoms with Gasteiger partial charge in [-0.3, -0.25) is 0 Å². The van der Waals surface area contributed by atoms with E-state index in [0.717, 1.165) is 13.0 Å². The quantitative estimate of drug-likeness (QED) is 0.885. The Bertz CT molecular complexity index is 544. The predicted octanol–water partition coefficient (Wildman–Crippen LogP) is 0.678. The molecule has 5 nitrogen and oxygen atoms in total. The molecule has 2 heterocycles. The lowest BCUT2D eigenvalue weighted by molar-refractivity contribution is 0.414. The molecule has 2 saturated heterocycles. The van der Waals surface area contributed by atoms with Gasteiger partial charge in [-0.25, -0.2) is 8.42 Å². The van der Waals surface area contributed by atoms with Crippen LogP contribution in [0.15, 0.2) is 29.2 Å². The number of nitrogens with one attached hydrogen (secondary N) is 1. The molecule has 2 aliphatic rings. The predicted molar refractivity (Wildman–Crippen MR) is 71.7 cm³/mol. The highest BCUT2D eigenvalue weighted by atomic mass is 32.2. The highest BCUT2D eigenvalue weighted by Crippen LogP contribution is 2.29. The Morgan fingerprint density at radius 3 is 2.63 bits per heavy atom. The molecule has 1 N–H and O–H groups in total. The van der Waals surface area contributed by atoms with Crippen molar-refractivity contribution in [1.82, 2.24) is 9.62 Å². The Labute approximate surface area is 113 Å². The lowest BCUT2D eigenvalue weighted by Gasteiger charge is -2.17. The van der Waals surface area contributed by atoms with Crippen LogP contribution >= 0.6 is 0 Å². The van der Waals surface area contributed by atoms with Crippen molar-refractivity contribution in [3.05, 3.63) is 24.3 Å². The molecule has 0 unspecified atom stereocenters. The smallest absolute Gasteiger partial charge is 0.243 e. The molecule has 1 aromatic carbocycles. The van der Waals surface area contributed by atoms with E-state index in [0.29, 0.717) is 35.7 Å². The molecular formula is C13H18N2O3S. The van der Waals surface area contributed by atoms with Gasteiger partial charge in [-0.1, -0.05) is 0 Å². The molecule has 0 saturated carbocycles. The van der Waals surface area contributed by atoms with Crippen LogP contribution in [-0.4, -0.2) is 45.5 Å². The Hall–Kier alpha value is -1.11. The summed E-state index contributed by atoms with van der Waals surface area (Å²) in [5.74, 6) is 1.13. The lowest BCUT2D eigenvalue weighted by Crippen LogP contribution is -2.33. The van der Waals surface area contributed by atoms with E-state index in [-0.39, 0.29) is 0 Å². The van der Waals surface area contributed by atoms with E-state index in [2.05, 4.69) is 5.32 Å². The van der Waals surface area contributed by atoms with Crippen LogP contribution in [0.1, 0.15) is 6.42 Å². The number of methoxy groups -OCH3 is 1. The van der Waals surface area contributed by atoms with E-state index in [1.54, 1.807) is 35.7 Å². The first-order valence-corrected chi connectivity index (χ1v) is 7.93. The van der Waals surface area contributed by atoms with Crippen molar-refractivity contribution in [2.75, 3.05) is 26.7 Å². The van der Waals surface area contributed by atoms with Gasteiger partial charge in [0.1, 0.15) is 5.75 Å². The van der Waals surface area contributed by atoms with Gasteiger partial charge < -0.3 is 10.1 Å². The number of hydrogen-bond acceptors (Lipinski definition) is 4. The van der Waals surface area contributed by atoms with Crippen LogP contribution < -0.4 is 10.1 Å². The van der Waals surface area contributed by atoms with Gasteiger partial charge in [0.15, 0.2) is 0 Å². The molecule has 0 amide bonds. The zero-order valence-electron chi connectivity index (χ0n) is 10.9. The van der Waals surface area contributed by atoms with Crippen molar-refractivity contribution in [2.24, 2.45) is 5.92 Å². The third kappa shape index (κ3) is 2.24. The molecule has 2 aliphatic heterocycles. The fraction of sp³-hybridized carbons (Fsp3) is 0.538. The van der Waals surface area contributed by atoms with E-state index in [1.807, 2.05) is 0 Å². The van der Waals surface area contributed by atoms with Gasteiger partial charge in [-0.05, 0) is 43.1 Å².